The van der Waals surface area contributed by atoms with E-state index in [0.717, 1.165) is 12.8 Å². The van der Waals surface area contributed by atoms with E-state index < -0.39 is 5.54 Å². The summed E-state index contributed by atoms with van der Waals surface area (Å²) >= 11 is 0. The molecule has 0 aromatic rings. The lowest BCUT2D eigenvalue weighted by atomic mass is 9.94. The Kier molecular flexibility index (Phi) is 6.32. The Hall–Kier alpha value is -1.06. The van der Waals surface area contributed by atoms with Gasteiger partial charge in [-0.25, -0.2) is 0 Å². The molecule has 19 heavy (non-hydrogen) atoms. The van der Waals surface area contributed by atoms with Crippen LogP contribution in [0.25, 0.3) is 0 Å². The number of carbonyl (C=O) groups is 2. The van der Waals surface area contributed by atoms with Crippen molar-refractivity contribution in [1.82, 2.24) is 10.2 Å². The average molecular weight is 268 g/mol. The molecule has 0 spiro atoms. The number of piperazine rings is 1. The Balaban J connectivity index is 2.36. The van der Waals surface area contributed by atoms with Gasteiger partial charge in [0.25, 0.3) is 0 Å². The van der Waals surface area contributed by atoms with Gasteiger partial charge in [0.1, 0.15) is 5.54 Å². The summed E-state index contributed by atoms with van der Waals surface area (Å²) in [6.45, 7) is 6.90. The zero-order chi connectivity index (χ0) is 14.3. The highest BCUT2D eigenvalue weighted by molar-refractivity contribution is 5.97. The number of carbonyl (C=O) groups excluding carboxylic acids is 2. The minimum absolute atomic E-state index is 0.0325. The number of hydrogen-bond acceptors (Lipinski definition) is 2. The van der Waals surface area contributed by atoms with Gasteiger partial charge in [0.05, 0.1) is 6.54 Å². The fraction of sp³-hybridized carbons (Fsp3) is 0.867. The van der Waals surface area contributed by atoms with E-state index in [1.54, 1.807) is 4.90 Å². The van der Waals surface area contributed by atoms with Crippen LogP contribution in [0.15, 0.2) is 0 Å². The zero-order valence-electron chi connectivity index (χ0n) is 12.6. The molecule has 0 aromatic heterocycles. The molecule has 0 aromatic carbocycles. The number of nitrogens with one attached hydrogen (secondary N) is 1. The van der Waals surface area contributed by atoms with Gasteiger partial charge in [0, 0.05) is 6.54 Å². The molecular weight excluding hydrogens is 240 g/mol. The summed E-state index contributed by atoms with van der Waals surface area (Å²) in [6.07, 6.45) is 7.84. The molecule has 1 saturated heterocycles. The third-order valence-corrected chi connectivity index (χ3v) is 4.00. The number of amides is 2. The first-order valence-electron chi connectivity index (χ1n) is 7.64. The molecule has 1 rings (SSSR count). The third-order valence-electron chi connectivity index (χ3n) is 4.00. The number of unbranched alkanes of at least 4 members (excludes halogenated alkanes) is 5. The van der Waals surface area contributed by atoms with Gasteiger partial charge in [-0.2, -0.15) is 0 Å². The molecule has 0 bridgehead atoms. The molecule has 0 saturated carbocycles. The lowest BCUT2D eigenvalue weighted by Gasteiger charge is -2.39. The fourth-order valence-corrected chi connectivity index (χ4v) is 2.50. The second-order valence-corrected chi connectivity index (χ2v) is 5.73. The average Bonchev–Trinajstić information content (AvgIpc) is 2.39. The minimum atomic E-state index is -0.697. The van der Waals surface area contributed by atoms with Gasteiger partial charge in [0.15, 0.2) is 0 Å². The summed E-state index contributed by atoms with van der Waals surface area (Å²) in [6, 6.07) is 0. The van der Waals surface area contributed by atoms with Gasteiger partial charge in [0.2, 0.25) is 11.8 Å². The van der Waals surface area contributed by atoms with E-state index >= 15 is 0 Å². The minimum Gasteiger partial charge on any atom is -0.340 e. The van der Waals surface area contributed by atoms with Crippen molar-refractivity contribution in [3.05, 3.63) is 0 Å². The maximum Gasteiger partial charge on any atom is 0.248 e. The van der Waals surface area contributed by atoms with E-state index in [9.17, 15) is 9.59 Å². The van der Waals surface area contributed by atoms with Crippen LogP contribution in [0.4, 0.5) is 0 Å². The first-order valence-corrected chi connectivity index (χ1v) is 7.64. The number of rotatable bonds is 8. The summed E-state index contributed by atoms with van der Waals surface area (Å²) in [5.74, 6) is 0.0399. The molecule has 110 valence electrons. The summed E-state index contributed by atoms with van der Waals surface area (Å²) in [5, 5.41) is 2.81. The van der Waals surface area contributed by atoms with Crippen LogP contribution in [0.5, 0.6) is 0 Å². The van der Waals surface area contributed by atoms with Crippen molar-refractivity contribution < 1.29 is 9.59 Å². The lowest BCUT2D eigenvalue weighted by Crippen LogP contribution is -2.65. The largest absolute Gasteiger partial charge is 0.340 e. The predicted molar refractivity (Wildman–Crippen MR) is 76.8 cm³/mol. The fourth-order valence-electron chi connectivity index (χ4n) is 2.50. The second kappa shape index (κ2) is 7.51. The number of hydrogen-bond donors (Lipinski definition) is 1. The summed E-state index contributed by atoms with van der Waals surface area (Å²) in [4.78, 5) is 25.7. The predicted octanol–water partition coefficient (Wildman–Crippen LogP) is 2.47. The van der Waals surface area contributed by atoms with Crippen LogP contribution in [0, 0.1) is 0 Å². The van der Waals surface area contributed by atoms with E-state index in [4.69, 9.17) is 0 Å². The van der Waals surface area contributed by atoms with Crippen molar-refractivity contribution in [1.29, 1.82) is 0 Å². The van der Waals surface area contributed by atoms with E-state index in [-0.39, 0.29) is 18.4 Å². The van der Waals surface area contributed by atoms with Gasteiger partial charge in [-0.1, -0.05) is 46.0 Å². The van der Waals surface area contributed by atoms with E-state index in [2.05, 4.69) is 12.2 Å². The van der Waals surface area contributed by atoms with Crippen molar-refractivity contribution >= 4 is 11.8 Å². The number of nitrogens with zero attached hydrogens (tertiary/aromatic N) is 1. The molecule has 1 N–H and O–H groups in total. The zero-order valence-corrected chi connectivity index (χ0v) is 12.6. The van der Waals surface area contributed by atoms with Crippen molar-refractivity contribution in [2.24, 2.45) is 0 Å². The van der Waals surface area contributed by atoms with Crippen LogP contribution in [0.3, 0.4) is 0 Å². The quantitative estimate of drug-likeness (QED) is 0.688. The first kappa shape index (κ1) is 16.0. The summed E-state index contributed by atoms with van der Waals surface area (Å²) < 4.78 is 0. The van der Waals surface area contributed by atoms with Crippen LogP contribution < -0.4 is 5.32 Å². The van der Waals surface area contributed by atoms with Gasteiger partial charge >= 0.3 is 0 Å². The van der Waals surface area contributed by atoms with Crippen LogP contribution in [-0.2, 0) is 9.59 Å². The van der Waals surface area contributed by atoms with Crippen molar-refractivity contribution in [3.8, 4) is 0 Å². The van der Waals surface area contributed by atoms with Crippen LogP contribution in [0.2, 0.25) is 0 Å². The molecule has 1 heterocycles. The van der Waals surface area contributed by atoms with Crippen molar-refractivity contribution in [2.75, 3.05) is 13.1 Å². The molecule has 1 fully saturated rings. The SMILES string of the molecule is CCCCCCCCN1CC(=O)NC(C)(CC)C1=O. The van der Waals surface area contributed by atoms with E-state index in [0.29, 0.717) is 13.0 Å². The Morgan fingerprint density at radius 2 is 1.74 bits per heavy atom. The van der Waals surface area contributed by atoms with E-state index in [1.165, 1.54) is 25.7 Å². The van der Waals surface area contributed by atoms with Gasteiger partial charge in [-0.15, -0.1) is 0 Å². The summed E-state index contributed by atoms with van der Waals surface area (Å²) in [5.41, 5.74) is -0.697. The maximum absolute atomic E-state index is 12.3. The molecule has 0 aliphatic carbocycles. The van der Waals surface area contributed by atoms with Crippen LogP contribution in [-0.4, -0.2) is 35.3 Å². The Labute approximate surface area is 116 Å². The van der Waals surface area contributed by atoms with Crippen molar-refractivity contribution in [2.45, 2.75) is 71.3 Å². The Morgan fingerprint density at radius 3 is 2.37 bits per heavy atom. The highest BCUT2D eigenvalue weighted by Gasteiger charge is 2.40. The van der Waals surface area contributed by atoms with Crippen LogP contribution in [0.1, 0.15) is 65.7 Å². The second-order valence-electron chi connectivity index (χ2n) is 5.73. The van der Waals surface area contributed by atoms with Crippen molar-refractivity contribution in [3.63, 3.8) is 0 Å². The topological polar surface area (TPSA) is 49.4 Å². The molecule has 1 atom stereocenters. The molecule has 1 unspecified atom stereocenters. The Morgan fingerprint density at radius 1 is 1.11 bits per heavy atom. The molecule has 4 heteroatoms. The smallest absolute Gasteiger partial charge is 0.248 e. The normalized spacial score (nSPS) is 23.6. The van der Waals surface area contributed by atoms with Gasteiger partial charge in [-0.3, -0.25) is 9.59 Å². The highest BCUT2D eigenvalue weighted by Crippen LogP contribution is 2.18. The molecule has 4 nitrogen and oxygen atoms in total. The lowest BCUT2D eigenvalue weighted by molar-refractivity contribution is -0.149. The molecular formula is C15H28N2O2. The van der Waals surface area contributed by atoms with Crippen LogP contribution >= 0.6 is 0 Å². The van der Waals surface area contributed by atoms with Gasteiger partial charge in [-0.05, 0) is 19.8 Å². The molecule has 1 aliphatic heterocycles. The van der Waals surface area contributed by atoms with E-state index in [1.807, 2.05) is 13.8 Å². The van der Waals surface area contributed by atoms with Gasteiger partial charge < -0.3 is 10.2 Å². The first-order chi connectivity index (χ1) is 9.03. The Bertz CT molecular complexity index is 317. The summed E-state index contributed by atoms with van der Waals surface area (Å²) in [7, 11) is 0. The standard InChI is InChI=1S/C15H28N2O2/c1-4-6-7-8-9-10-11-17-12-13(18)16-15(3,5-2)14(17)19/h4-12H2,1-3H3,(H,16,18). The molecule has 2 amide bonds. The monoisotopic (exact) mass is 268 g/mol. The molecule has 0 radical (unpaired) electrons. The maximum atomic E-state index is 12.3. The third kappa shape index (κ3) is 4.51. The molecule has 1 aliphatic rings. The highest BCUT2D eigenvalue weighted by atomic mass is 16.2.